The first kappa shape index (κ1) is 19.2. The van der Waals surface area contributed by atoms with Crippen molar-refractivity contribution in [2.75, 3.05) is 19.6 Å². The number of aryl methyl sites for hydroxylation is 1. The van der Waals surface area contributed by atoms with E-state index < -0.39 is 28.4 Å². The molecule has 0 aromatic carbocycles. The van der Waals surface area contributed by atoms with Crippen LogP contribution in [0.1, 0.15) is 42.9 Å². The van der Waals surface area contributed by atoms with Crippen LogP contribution in [-0.4, -0.2) is 38.7 Å². The van der Waals surface area contributed by atoms with Crippen LogP contribution in [0.15, 0.2) is 15.7 Å². The van der Waals surface area contributed by atoms with Gasteiger partial charge in [0.15, 0.2) is 0 Å². The van der Waals surface area contributed by atoms with Gasteiger partial charge in [-0.05, 0) is 44.2 Å². The first-order valence-corrected chi connectivity index (χ1v) is 9.57. The average molecular weight is 396 g/mol. The second kappa shape index (κ2) is 6.72. The monoisotopic (exact) mass is 396 g/mol. The zero-order chi connectivity index (χ0) is 20.2. The van der Waals surface area contributed by atoms with E-state index in [1.54, 1.807) is 0 Å². The van der Waals surface area contributed by atoms with Crippen LogP contribution in [0.25, 0.3) is 11.0 Å². The Morgan fingerprint density at radius 3 is 2.50 bits per heavy atom. The lowest BCUT2D eigenvalue weighted by Crippen LogP contribution is -2.39. The Labute approximate surface area is 159 Å². The molecule has 1 saturated heterocycles. The van der Waals surface area contributed by atoms with E-state index in [-0.39, 0.29) is 11.6 Å². The Bertz CT molecular complexity index is 1040. The van der Waals surface area contributed by atoms with E-state index in [0.717, 1.165) is 36.6 Å². The highest BCUT2D eigenvalue weighted by atomic mass is 19.4. The number of hydrogen-bond acceptors (Lipinski definition) is 4. The number of halogens is 3. The van der Waals surface area contributed by atoms with Gasteiger partial charge in [-0.1, -0.05) is 0 Å². The summed E-state index contributed by atoms with van der Waals surface area (Å²) in [6.07, 6.45) is -0.621. The molecule has 0 amide bonds. The highest BCUT2D eigenvalue weighted by Crippen LogP contribution is 2.37. The van der Waals surface area contributed by atoms with Gasteiger partial charge in [0.1, 0.15) is 5.65 Å². The zero-order valence-corrected chi connectivity index (χ0v) is 15.9. The minimum absolute atomic E-state index is 0.142. The largest absolute Gasteiger partial charge is 0.417 e. The number of piperidine rings is 1. The Balaban J connectivity index is 1.85. The van der Waals surface area contributed by atoms with Gasteiger partial charge >= 0.3 is 11.9 Å². The van der Waals surface area contributed by atoms with Crippen molar-refractivity contribution in [2.24, 2.45) is 20.0 Å². The minimum atomic E-state index is -4.71. The van der Waals surface area contributed by atoms with E-state index in [9.17, 15) is 22.8 Å². The Hall–Kier alpha value is -2.16. The molecule has 6 nitrogen and oxygen atoms in total. The molecule has 0 radical (unpaired) electrons. The predicted octanol–water partition coefficient (Wildman–Crippen LogP) is 2.24. The van der Waals surface area contributed by atoms with E-state index in [0.29, 0.717) is 22.7 Å². The summed E-state index contributed by atoms with van der Waals surface area (Å²) in [5, 5.41) is -0.550. The summed E-state index contributed by atoms with van der Waals surface area (Å²) < 4.78 is 43.1. The SMILES string of the molecule is Cn1c(=O)c2c(C(F)(F)F)cc(C3CCCN(CC4CC4)C3)nc2n(C)c1=O. The highest BCUT2D eigenvalue weighted by Gasteiger charge is 2.37. The van der Waals surface area contributed by atoms with Gasteiger partial charge < -0.3 is 4.90 Å². The molecule has 1 aliphatic heterocycles. The summed E-state index contributed by atoms with van der Waals surface area (Å²) in [4.78, 5) is 31.4. The fourth-order valence-corrected chi connectivity index (χ4v) is 4.14. The van der Waals surface area contributed by atoms with E-state index in [2.05, 4.69) is 9.88 Å². The van der Waals surface area contributed by atoms with Crippen molar-refractivity contribution in [3.63, 3.8) is 0 Å². The van der Waals surface area contributed by atoms with Gasteiger partial charge in [0.25, 0.3) is 5.56 Å². The van der Waals surface area contributed by atoms with Gasteiger partial charge in [-0.25, -0.2) is 9.78 Å². The molecule has 0 spiro atoms. The summed E-state index contributed by atoms with van der Waals surface area (Å²) in [5.41, 5.74) is -2.55. The Morgan fingerprint density at radius 1 is 1.14 bits per heavy atom. The quantitative estimate of drug-likeness (QED) is 0.799. The molecule has 0 bridgehead atoms. The second-order valence-electron chi connectivity index (χ2n) is 8.04. The van der Waals surface area contributed by atoms with Crippen LogP contribution in [0.2, 0.25) is 0 Å². The van der Waals surface area contributed by atoms with E-state index in [1.807, 2.05) is 0 Å². The molecule has 3 heterocycles. The maximum absolute atomic E-state index is 13.8. The van der Waals surface area contributed by atoms with Crippen molar-refractivity contribution in [1.29, 1.82) is 0 Å². The second-order valence-corrected chi connectivity index (χ2v) is 8.04. The molecule has 2 aromatic heterocycles. The standard InChI is InChI=1S/C19H23F3N4O2/c1-24-16-15(17(27)25(2)18(24)28)13(19(20,21)22)8-14(23-16)12-4-3-7-26(10-12)9-11-5-6-11/h8,11-12H,3-7,9-10H2,1-2H3. The van der Waals surface area contributed by atoms with Gasteiger partial charge in [-0.3, -0.25) is 13.9 Å². The van der Waals surface area contributed by atoms with Gasteiger partial charge in [0.2, 0.25) is 0 Å². The molecule has 28 heavy (non-hydrogen) atoms. The van der Waals surface area contributed by atoms with Crippen LogP contribution in [-0.2, 0) is 20.3 Å². The van der Waals surface area contributed by atoms with Crippen molar-refractivity contribution < 1.29 is 13.2 Å². The van der Waals surface area contributed by atoms with Crippen LogP contribution in [0.3, 0.4) is 0 Å². The smallest absolute Gasteiger partial charge is 0.302 e. The van der Waals surface area contributed by atoms with Crippen molar-refractivity contribution >= 4 is 11.0 Å². The number of nitrogens with zero attached hydrogens (tertiary/aromatic N) is 4. The third-order valence-corrected chi connectivity index (χ3v) is 5.87. The van der Waals surface area contributed by atoms with Crippen LogP contribution in [0.4, 0.5) is 13.2 Å². The molecule has 0 N–H and O–H groups in total. The van der Waals surface area contributed by atoms with Crippen molar-refractivity contribution in [2.45, 2.75) is 37.8 Å². The van der Waals surface area contributed by atoms with Crippen LogP contribution >= 0.6 is 0 Å². The highest BCUT2D eigenvalue weighted by molar-refractivity contribution is 5.79. The molecule has 1 saturated carbocycles. The minimum Gasteiger partial charge on any atom is -0.302 e. The van der Waals surface area contributed by atoms with Gasteiger partial charge in [-0.2, -0.15) is 13.2 Å². The number of hydrogen-bond donors (Lipinski definition) is 0. The number of rotatable bonds is 3. The lowest BCUT2D eigenvalue weighted by Gasteiger charge is -2.32. The predicted molar refractivity (Wildman–Crippen MR) is 98.4 cm³/mol. The number of likely N-dealkylation sites (tertiary alicyclic amines) is 1. The molecular weight excluding hydrogens is 373 g/mol. The Morgan fingerprint density at radius 2 is 1.86 bits per heavy atom. The van der Waals surface area contributed by atoms with Gasteiger partial charge in [-0.15, -0.1) is 0 Å². The fourth-order valence-electron chi connectivity index (χ4n) is 4.14. The summed E-state index contributed by atoms with van der Waals surface area (Å²) in [6.45, 7) is 2.59. The molecule has 1 aliphatic carbocycles. The van der Waals surface area contributed by atoms with Crippen LogP contribution in [0, 0.1) is 5.92 Å². The molecule has 4 rings (SSSR count). The number of pyridine rings is 1. The summed E-state index contributed by atoms with van der Waals surface area (Å²) in [6, 6.07) is 1.01. The third-order valence-electron chi connectivity index (χ3n) is 5.87. The summed E-state index contributed by atoms with van der Waals surface area (Å²) in [5.74, 6) is 0.565. The molecule has 2 fully saturated rings. The topological polar surface area (TPSA) is 60.1 Å². The average Bonchev–Trinajstić information content (AvgIpc) is 3.47. The number of alkyl halides is 3. The van der Waals surface area contributed by atoms with Crippen molar-refractivity contribution in [3.8, 4) is 0 Å². The molecule has 152 valence electrons. The van der Waals surface area contributed by atoms with E-state index in [4.69, 9.17) is 0 Å². The summed E-state index contributed by atoms with van der Waals surface area (Å²) >= 11 is 0. The Kier molecular flexibility index (Phi) is 4.60. The van der Waals surface area contributed by atoms with E-state index >= 15 is 0 Å². The third kappa shape index (κ3) is 3.36. The maximum atomic E-state index is 13.8. The van der Waals surface area contributed by atoms with Gasteiger partial charge in [0.05, 0.1) is 10.9 Å². The number of aromatic nitrogens is 3. The zero-order valence-electron chi connectivity index (χ0n) is 15.9. The lowest BCUT2D eigenvalue weighted by atomic mass is 9.92. The molecule has 1 atom stereocenters. The first-order chi connectivity index (χ1) is 13.2. The maximum Gasteiger partial charge on any atom is 0.417 e. The van der Waals surface area contributed by atoms with Crippen molar-refractivity contribution in [3.05, 3.63) is 38.2 Å². The molecule has 1 unspecified atom stereocenters. The normalized spacial score (nSPS) is 21.4. The lowest BCUT2D eigenvalue weighted by molar-refractivity contribution is -0.136. The van der Waals surface area contributed by atoms with Crippen LogP contribution in [0.5, 0.6) is 0 Å². The summed E-state index contributed by atoms with van der Waals surface area (Å²) in [7, 11) is 2.52. The van der Waals surface area contributed by atoms with E-state index in [1.165, 1.54) is 26.9 Å². The molecule has 9 heteroatoms. The number of fused-ring (bicyclic) bond motifs is 1. The molecular formula is C19H23F3N4O2. The molecule has 2 aromatic rings. The van der Waals surface area contributed by atoms with Gasteiger partial charge in [0, 0.05) is 38.8 Å². The first-order valence-electron chi connectivity index (χ1n) is 9.57. The van der Waals surface area contributed by atoms with Crippen molar-refractivity contribution in [1.82, 2.24) is 19.0 Å². The molecule has 2 aliphatic rings. The van der Waals surface area contributed by atoms with Crippen LogP contribution < -0.4 is 11.2 Å². The fraction of sp³-hybridized carbons (Fsp3) is 0.632.